The molecular weight excluding hydrogens is 444 g/mol. The number of pyridine rings is 1. The average Bonchev–Trinajstić information content (AvgIpc) is 2.84. The molecule has 3 N–H and O–H groups in total. The van der Waals surface area contributed by atoms with Crippen LogP contribution in [0.2, 0.25) is 0 Å². The summed E-state index contributed by atoms with van der Waals surface area (Å²) in [6, 6.07) is 13.4. The first-order chi connectivity index (χ1) is 16.8. The van der Waals surface area contributed by atoms with Crippen molar-refractivity contribution in [2.45, 2.75) is 26.3 Å². The molecule has 2 aliphatic heterocycles. The van der Waals surface area contributed by atoms with E-state index >= 15 is 0 Å². The zero-order chi connectivity index (χ0) is 24.7. The molecule has 0 aliphatic carbocycles. The number of aromatic nitrogens is 1. The molecule has 182 valence electrons. The van der Waals surface area contributed by atoms with E-state index in [2.05, 4.69) is 40.5 Å². The van der Waals surface area contributed by atoms with Crippen molar-refractivity contribution in [2.75, 3.05) is 43.4 Å². The van der Waals surface area contributed by atoms with E-state index in [0.717, 1.165) is 37.4 Å². The van der Waals surface area contributed by atoms with E-state index in [1.807, 2.05) is 30.3 Å². The third-order valence-corrected chi connectivity index (χ3v) is 7.11. The summed E-state index contributed by atoms with van der Waals surface area (Å²) < 4.78 is 29.9. The van der Waals surface area contributed by atoms with Gasteiger partial charge in [0, 0.05) is 66.8 Å². The summed E-state index contributed by atoms with van der Waals surface area (Å²) in [5.41, 5.74) is 11.3. The number of benzene rings is 2. The highest BCUT2D eigenvalue weighted by Gasteiger charge is 2.22. The van der Waals surface area contributed by atoms with Gasteiger partial charge in [0.2, 0.25) is 5.95 Å². The largest absolute Gasteiger partial charge is 0.385 e. The molecule has 0 unspecified atom stereocenters. The van der Waals surface area contributed by atoms with Gasteiger partial charge in [-0.3, -0.25) is 4.90 Å². The third kappa shape index (κ3) is 4.48. The van der Waals surface area contributed by atoms with Crippen LogP contribution in [-0.2, 0) is 6.42 Å². The summed E-state index contributed by atoms with van der Waals surface area (Å²) in [5.74, 6) is -0.972. The van der Waals surface area contributed by atoms with Crippen LogP contribution in [0.1, 0.15) is 25.0 Å². The quantitative estimate of drug-likeness (QED) is 0.525. The zero-order valence-electron chi connectivity index (χ0n) is 20.2. The van der Waals surface area contributed by atoms with Gasteiger partial charge < -0.3 is 16.0 Å². The number of halogens is 2. The fourth-order valence-electron chi connectivity index (χ4n) is 5.08. The molecule has 0 radical (unpaired) electrons. The summed E-state index contributed by atoms with van der Waals surface area (Å²) in [5, 5.41) is 3.10. The Labute approximate surface area is 205 Å². The normalized spacial score (nSPS) is 16.4. The van der Waals surface area contributed by atoms with Crippen molar-refractivity contribution in [3.05, 3.63) is 71.9 Å². The molecule has 0 amide bonds. The molecule has 0 bridgehead atoms. The van der Waals surface area contributed by atoms with E-state index in [1.165, 1.54) is 6.07 Å². The van der Waals surface area contributed by atoms with Crippen molar-refractivity contribution in [3.63, 3.8) is 0 Å². The Kier molecular flexibility index (Phi) is 6.19. The highest BCUT2D eigenvalue weighted by Crippen LogP contribution is 2.36. The fraction of sp³-hybridized carbons (Fsp3) is 0.321. The maximum Gasteiger partial charge on any atom is 0.222 e. The average molecular weight is 476 g/mol. The van der Waals surface area contributed by atoms with Gasteiger partial charge in [-0.1, -0.05) is 24.8 Å². The van der Waals surface area contributed by atoms with Crippen LogP contribution in [0, 0.1) is 11.8 Å². The SMILES string of the molecule is C=C1NCCc2cc(-c3cc(-c4ccc(N5CCN(C(C)C)CC5)cc4)c(F)nc3N)cc(F)c21. The zero-order valence-corrected chi connectivity index (χ0v) is 20.2. The smallest absolute Gasteiger partial charge is 0.222 e. The van der Waals surface area contributed by atoms with Crippen molar-refractivity contribution in [1.82, 2.24) is 15.2 Å². The standard InChI is InChI=1S/C28H31F2N5/c1-17(2)34-10-12-35(13-11-34)22-6-4-19(5-7-22)23-16-24(28(31)33-27(23)30)21-14-20-8-9-32-18(3)26(20)25(29)15-21/h4-7,14-17,32H,3,8-13H2,1-2H3,(H2,31,33). The highest BCUT2D eigenvalue weighted by molar-refractivity contribution is 5.82. The van der Waals surface area contributed by atoms with Gasteiger partial charge in [0.15, 0.2) is 0 Å². The first-order valence-corrected chi connectivity index (χ1v) is 12.1. The Hall–Kier alpha value is -3.45. The second kappa shape index (κ2) is 9.30. The second-order valence-corrected chi connectivity index (χ2v) is 9.57. The van der Waals surface area contributed by atoms with Crippen LogP contribution < -0.4 is 16.0 Å². The molecule has 7 heteroatoms. The van der Waals surface area contributed by atoms with E-state index in [1.54, 1.807) is 6.07 Å². The molecule has 2 aliphatic rings. The van der Waals surface area contributed by atoms with E-state index in [4.69, 9.17) is 5.73 Å². The van der Waals surface area contributed by atoms with Gasteiger partial charge in [0.25, 0.3) is 0 Å². The number of fused-ring (bicyclic) bond motifs is 1. The van der Waals surface area contributed by atoms with E-state index in [-0.39, 0.29) is 11.6 Å². The minimum Gasteiger partial charge on any atom is -0.385 e. The van der Waals surface area contributed by atoms with Crippen LogP contribution in [0.25, 0.3) is 28.0 Å². The summed E-state index contributed by atoms with van der Waals surface area (Å²) in [4.78, 5) is 8.78. The summed E-state index contributed by atoms with van der Waals surface area (Å²) >= 11 is 0. The Morgan fingerprint density at radius 1 is 0.971 bits per heavy atom. The lowest BCUT2D eigenvalue weighted by atomic mass is 9.92. The molecule has 1 aromatic heterocycles. The van der Waals surface area contributed by atoms with Gasteiger partial charge in [-0.05, 0) is 61.2 Å². The van der Waals surface area contributed by atoms with Gasteiger partial charge in [0.05, 0.1) is 0 Å². The number of nitrogens with one attached hydrogen (secondary N) is 1. The minimum absolute atomic E-state index is 0.0398. The Morgan fingerprint density at radius 2 is 1.69 bits per heavy atom. The van der Waals surface area contributed by atoms with Crippen LogP contribution in [-0.4, -0.2) is 48.6 Å². The monoisotopic (exact) mass is 475 g/mol. The van der Waals surface area contributed by atoms with Crippen molar-refractivity contribution in [2.24, 2.45) is 0 Å². The van der Waals surface area contributed by atoms with Crippen molar-refractivity contribution < 1.29 is 8.78 Å². The van der Waals surface area contributed by atoms with E-state index < -0.39 is 5.95 Å². The Balaban J connectivity index is 1.44. The van der Waals surface area contributed by atoms with E-state index in [9.17, 15) is 8.78 Å². The molecule has 35 heavy (non-hydrogen) atoms. The molecule has 1 saturated heterocycles. The number of hydrogen-bond acceptors (Lipinski definition) is 5. The molecule has 0 spiro atoms. The van der Waals surface area contributed by atoms with Crippen LogP contribution in [0.15, 0.2) is 49.0 Å². The number of nitrogen functional groups attached to an aromatic ring is 1. The molecule has 5 nitrogen and oxygen atoms in total. The fourth-order valence-corrected chi connectivity index (χ4v) is 5.08. The first kappa shape index (κ1) is 23.3. The van der Waals surface area contributed by atoms with Crippen LogP contribution in [0.5, 0.6) is 0 Å². The van der Waals surface area contributed by atoms with Crippen molar-refractivity contribution in [1.29, 1.82) is 0 Å². The number of rotatable bonds is 4. The van der Waals surface area contributed by atoms with Crippen molar-refractivity contribution >= 4 is 17.2 Å². The van der Waals surface area contributed by atoms with E-state index in [0.29, 0.717) is 52.5 Å². The predicted octanol–water partition coefficient (Wildman–Crippen LogP) is 4.92. The minimum atomic E-state index is -0.638. The summed E-state index contributed by atoms with van der Waals surface area (Å²) in [6.07, 6.45) is 0.674. The molecule has 2 aromatic carbocycles. The summed E-state index contributed by atoms with van der Waals surface area (Å²) in [7, 11) is 0. The van der Waals surface area contributed by atoms with Gasteiger partial charge in [-0.15, -0.1) is 0 Å². The molecule has 5 rings (SSSR count). The lowest BCUT2D eigenvalue weighted by Crippen LogP contribution is -2.48. The maximum atomic E-state index is 14.9. The van der Waals surface area contributed by atoms with Crippen LogP contribution in [0.3, 0.4) is 0 Å². The second-order valence-electron chi connectivity index (χ2n) is 9.57. The first-order valence-electron chi connectivity index (χ1n) is 12.1. The highest BCUT2D eigenvalue weighted by atomic mass is 19.1. The van der Waals surface area contributed by atoms with Crippen LogP contribution in [0.4, 0.5) is 20.3 Å². The number of hydrogen-bond donors (Lipinski definition) is 2. The Bertz CT molecular complexity index is 1260. The van der Waals surface area contributed by atoms with Crippen molar-refractivity contribution in [3.8, 4) is 22.3 Å². The molecule has 0 atom stereocenters. The number of anilines is 2. The lowest BCUT2D eigenvalue weighted by molar-refractivity contribution is 0.209. The molecule has 3 aromatic rings. The molecule has 3 heterocycles. The maximum absolute atomic E-state index is 14.9. The lowest BCUT2D eigenvalue weighted by Gasteiger charge is -2.38. The predicted molar refractivity (Wildman–Crippen MR) is 139 cm³/mol. The van der Waals surface area contributed by atoms with Gasteiger partial charge in [0.1, 0.15) is 11.6 Å². The third-order valence-electron chi connectivity index (χ3n) is 7.11. The van der Waals surface area contributed by atoms with Gasteiger partial charge in [-0.25, -0.2) is 9.37 Å². The number of nitrogens with two attached hydrogens (primary N) is 1. The molecule has 1 fully saturated rings. The Morgan fingerprint density at radius 3 is 2.37 bits per heavy atom. The topological polar surface area (TPSA) is 57.4 Å². The number of nitrogens with zero attached hydrogens (tertiary/aromatic N) is 3. The summed E-state index contributed by atoms with van der Waals surface area (Å²) in [6.45, 7) is 13.0. The molecule has 0 saturated carbocycles. The van der Waals surface area contributed by atoms with Crippen LogP contribution >= 0.6 is 0 Å². The number of piperazine rings is 1. The van der Waals surface area contributed by atoms with Gasteiger partial charge in [-0.2, -0.15) is 4.39 Å². The van der Waals surface area contributed by atoms with Gasteiger partial charge >= 0.3 is 0 Å². The molecular formula is C28H31F2N5.